The topological polar surface area (TPSA) is 75.6 Å². The van der Waals surface area contributed by atoms with Crippen molar-refractivity contribution in [1.82, 2.24) is 10.3 Å². The second-order valence-corrected chi connectivity index (χ2v) is 10.8. The van der Waals surface area contributed by atoms with Gasteiger partial charge in [-0.15, -0.1) is 0 Å². The van der Waals surface area contributed by atoms with Crippen LogP contribution in [0.5, 0.6) is 17.2 Å². The van der Waals surface area contributed by atoms with Crippen LogP contribution in [0.25, 0.3) is 22.4 Å². The standard InChI is InChI=1S/C30H37N3O3/c1-7-14-36-26-11-9-8-10-23(26)21-15-24(20-12-13-25(34)27(16-20)35-6)32-28(17-21)31-22-18-29(2,3)33-30(4,5)19-22/h7-13,15-17,22,33-34H,1,14,18-19H2,2-6H3,(H,31,32). The molecule has 1 aromatic heterocycles. The Hall–Kier alpha value is -3.51. The zero-order valence-corrected chi connectivity index (χ0v) is 21.9. The molecule has 0 atom stereocenters. The van der Waals surface area contributed by atoms with Crippen LogP contribution in [0.4, 0.5) is 5.82 Å². The van der Waals surface area contributed by atoms with E-state index in [1.807, 2.05) is 36.4 Å². The molecule has 1 fully saturated rings. The molecule has 2 aromatic carbocycles. The van der Waals surface area contributed by atoms with Crippen molar-refractivity contribution in [2.24, 2.45) is 0 Å². The maximum absolute atomic E-state index is 10.1. The average Bonchev–Trinajstić information content (AvgIpc) is 2.81. The van der Waals surface area contributed by atoms with E-state index in [0.29, 0.717) is 12.4 Å². The number of hydrogen-bond acceptors (Lipinski definition) is 6. The summed E-state index contributed by atoms with van der Waals surface area (Å²) in [5.74, 6) is 2.09. The molecule has 2 heterocycles. The maximum Gasteiger partial charge on any atom is 0.161 e. The highest BCUT2D eigenvalue weighted by molar-refractivity contribution is 5.78. The van der Waals surface area contributed by atoms with Crippen LogP contribution in [0.3, 0.4) is 0 Å². The van der Waals surface area contributed by atoms with Gasteiger partial charge < -0.3 is 25.2 Å². The first kappa shape index (κ1) is 25.6. The van der Waals surface area contributed by atoms with Gasteiger partial charge in [0, 0.05) is 28.2 Å². The molecule has 1 aliphatic rings. The van der Waals surface area contributed by atoms with Gasteiger partial charge in [0.05, 0.1) is 12.8 Å². The number of pyridine rings is 1. The number of aromatic nitrogens is 1. The molecule has 1 aliphatic heterocycles. The summed E-state index contributed by atoms with van der Waals surface area (Å²) in [6.07, 6.45) is 3.69. The third-order valence-corrected chi connectivity index (χ3v) is 6.40. The van der Waals surface area contributed by atoms with Gasteiger partial charge in [-0.3, -0.25) is 0 Å². The molecule has 6 heteroatoms. The summed E-state index contributed by atoms with van der Waals surface area (Å²) >= 11 is 0. The molecule has 0 amide bonds. The van der Waals surface area contributed by atoms with Gasteiger partial charge in [-0.05, 0) is 82.5 Å². The van der Waals surface area contributed by atoms with E-state index in [1.165, 1.54) is 0 Å². The summed E-state index contributed by atoms with van der Waals surface area (Å²) in [6, 6.07) is 17.7. The molecule has 4 rings (SSSR count). The zero-order chi connectivity index (χ0) is 25.9. The number of nitrogens with one attached hydrogen (secondary N) is 2. The lowest BCUT2D eigenvalue weighted by Crippen LogP contribution is -2.60. The van der Waals surface area contributed by atoms with Crippen LogP contribution < -0.4 is 20.1 Å². The zero-order valence-electron chi connectivity index (χ0n) is 21.9. The number of ether oxygens (including phenoxy) is 2. The Morgan fingerprint density at radius 2 is 1.75 bits per heavy atom. The molecule has 0 unspecified atom stereocenters. The third-order valence-electron chi connectivity index (χ3n) is 6.40. The van der Waals surface area contributed by atoms with E-state index in [-0.39, 0.29) is 22.9 Å². The maximum atomic E-state index is 10.1. The largest absolute Gasteiger partial charge is 0.504 e. The van der Waals surface area contributed by atoms with Crippen LogP contribution in [0, 0.1) is 0 Å². The van der Waals surface area contributed by atoms with Crippen molar-refractivity contribution in [1.29, 1.82) is 0 Å². The first-order valence-electron chi connectivity index (χ1n) is 12.4. The van der Waals surface area contributed by atoms with Crippen molar-refractivity contribution in [3.63, 3.8) is 0 Å². The van der Waals surface area contributed by atoms with E-state index in [1.54, 1.807) is 19.3 Å². The predicted octanol–water partition coefficient (Wildman–Crippen LogP) is 6.42. The van der Waals surface area contributed by atoms with Crippen LogP contribution in [0.2, 0.25) is 0 Å². The van der Waals surface area contributed by atoms with Crippen molar-refractivity contribution in [3.05, 3.63) is 67.3 Å². The molecule has 0 bridgehead atoms. The van der Waals surface area contributed by atoms with Crippen molar-refractivity contribution in [2.75, 3.05) is 19.0 Å². The number of hydrogen-bond donors (Lipinski definition) is 3. The smallest absolute Gasteiger partial charge is 0.161 e. The van der Waals surface area contributed by atoms with E-state index in [9.17, 15) is 5.11 Å². The number of nitrogens with zero attached hydrogens (tertiary/aromatic N) is 1. The molecular formula is C30H37N3O3. The first-order chi connectivity index (χ1) is 17.1. The average molecular weight is 488 g/mol. The van der Waals surface area contributed by atoms with E-state index in [0.717, 1.165) is 46.8 Å². The van der Waals surface area contributed by atoms with Crippen LogP contribution >= 0.6 is 0 Å². The summed E-state index contributed by atoms with van der Waals surface area (Å²) in [5, 5.41) is 17.6. The van der Waals surface area contributed by atoms with Gasteiger partial charge in [-0.1, -0.05) is 30.9 Å². The highest BCUT2D eigenvalue weighted by Crippen LogP contribution is 2.37. The van der Waals surface area contributed by atoms with Gasteiger partial charge in [0.15, 0.2) is 11.5 Å². The van der Waals surface area contributed by atoms with Gasteiger partial charge in [0.1, 0.15) is 18.2 Å². The minimum Gasteiger partial charge on any atom is -0.504 e. The second kappa shape index (κ2) is 10.2. The normalized spacial score (nSPS) is 16.8. The number of piperidine rings is 1. The van der Waals surface area contributed by atoms with Gasteiger partial charge in [-0.2, -0.15) is 0 Å². The van der Waals surface area contributed by atoms with Crippen molar-refractivity contribution in [2.45, 2.75) is 57.7 Å². The fourth-order valence-electron chi connectivity index (χ4n) is 5.36. The predicted molar refractivity (Wildman–Crippen MR) is 147 cm³/mol. The number of aromatic hydroxyl groups is 1. The molecule has 36 heavy (non-hydrogen) atoms. The molecule has 190 valence electrons. The lowest BCUT2D eigenvalue weighted by Gasteiger charge is -2.46. The highest BCUT2D eigenvalue weighted by Gasteiger charge is 2.37. The van der Waals surface area contributed by atoms with Crippen LogP contribution in [-0.4, -0.2) is 40.9 Å². The summed E-state index contributed by atoms with van der Waals surface area (Å²) in [7, 11) is 1.55. The Bertz CT molecular complexity index is 1220. The fourth-order valence-corrected chi connectivity index (χ4v) is 5.36. The molecule has 1 saturated heterocycles. The summed E-state index contributed by atoms with van der Waals surface area (Å²) < 4.78 is 11.3. The number of phenolic OH excluding ortho intramolecular Hbond substituents is 1. The molecule has 3 N–H and O–H groups in total. The number of para-hydroxylation sites is 1. The van der Waals surface area contributed by atoms with Crippen LogP contribution in [0.15, 0.2) is 67.3 Å². The second-order valence-electron chi connectivity index (χ2n) is 10.8. The Morgan fingerprint density at radius 3 is 2.44 bits per heavy atom. The van der Waals surface area contributed by atoms with Crippen molar-refractivity contribution < 1.29 is 14.6 Å². The molecule has 6 nitrogen and oxygen atoms in total. The number of methoxy groups -OCH3 is 1. The van der Waals surface area contributed by atoms with E-state index < -0.39 is 0 Å². The summed E-state index contributed by atoms with van der Waals surface area (Å²) in [6.45, 7) is 13.2. The summed E-state index contributed by atoms with van der Waals surface area (Å²) in [5.41, 5.74) is 3.61. The Labute approximate surface area is 214 Å². The van der Waals surface area contributed by atoms with E-state index in [2.05, 4.69) is 57.0 Å². The van der Waals surface area contributed by atoms with Crippen molar-refractivity contribution >= 4 is 5.82 Å². The molecule has 0 saturated carbocycles. The highest BCUT2D eigenvalue weighted by atomic mass is 16.5. The number of rotatable bonds is 8. The molecular weight excluding hydrogens is 450 g/mol. The number of phenols is 1. The van der Waals surface area contributed by atoms with Gasteiger partial charge in [-0.25, -0.2) is 4.98 Å². The van der Waals surface area contributed by atoms with E-state index >= 15 is 0 Å². The lowest BCUT2D eigenvalue weighted by atomic mass is 9.79. The van der Waals surface area contributed by atoms with Gasteiger partial charge >= 0.3 is 0 Å². The quantitative estimate of drug-likeness (QED) is 0.319. The van der Waals surface area contributed by atoms with Crippen molar-refractivity contribution in [3.8, 4) is 39.6 Å². The molecule has 0 radical (unpaired) electrons. The summed E-state index contributed by atoms with van der Waals surface area (Å²) in [4.78, 5) is 4.99. The molecule has 0 spiro atoms. The lowest BCUT2D eigenvalue weighted by molar-refractivity contribution is 0.170. The minimum atomic E-state index is 0.00923. The Kier molecular flexibility index (Phi) is 7.27. The fraction of sp³-hybridized carbons (Fsp3) is 0.367. The van der Waals surface area contributed by atoms with Crippen LogP contribution in [-0.2, 0) is 0 Å². The Balaban J connectivity index is 1.79. The Morgan fingerprint density at radius 1 is 1.03 bits per heavy atom. The first-order valence-corrected chi connectivity index (χ1v) is 12.4. The molecule has 0 aliphatic carbocycles. The number of anilines is 1. The monoisotopic (exact) mass is 487 g/mol. The SMILES string of the molecule is C=CCOc1ccccc1-c1cc(NC2CC(C)(C)NC(C)(C)C2)nc(-c2ccc(O)c(OC)c2)c1. The van der Waals surface area contributed by atoms with Gasteiger partial charge in [0.2, 0.25) is 0 Å². The van der Waals surface area contributed by atoms with Gasteiger partial charge in [0.25, 0.3) is 0 Å². The third kappa shape index (κ3) is 6.00. The molecule has 3 aromatic rings. The van der Waals surface area contributed by atoms with Crippen LogP contribution in [0.1, 0.15) is 40.5 Å². The minimum absolute atomic E-state index is 0.00923. The number of benzene rings is 2. The van der Waals surface area contributed by atoms with E-state index in [4.69, 9.17) is 14.5 Å².